The van der Waals surface area contributed by atoms with Crippen LogP contribution < -0.4 is 0 Å². The fourth-order valence-electron chi connectivity index (χ4n) is 3.03. The molecule has 0 spiro atoms. The van der Waals surface area contributed by atoms with Crippen LogP contribution in [0.4, 0.5) is 0 Å². The second-order valence-corrected chi connectivity index (χ2v) is 7.88. The molecular formula is C19H14BrCl2N3O2. The standard InChI is InChI=1S/C19H14BrCl2N3O2/c1-24-8-13(7-23-24)12-5-16(21)18(17(22)6-12)19(26)25-9-11-3-2-4-15(20)14(11)10-27-25/h2-8H,9-10H2,1H3. The van der Waals surface area contributed by atoms with Crippen molar-refractivity contribution in [3.63, 3.8) is 0 Å². The lowest BCUT2D eigenvalue weighted by Gasteiger charge is -2.29. The average molecular weight is 467 g/mol. The molecule has 0 N–H and O–H groups in total. The normalized spacial score (nSPS) is 13.6. The average Bonchev–Trinajstić information content (AvgIpc) is 3.07. The number of hydrogen-bond acceptors (Lipinski definition) is 3. The zero-order valence-electron chi connectivity index (χ0n) is 14.2. The Balaban J connectivity index is 1.64. The number of amides is 1. The van der Waals surface area contributed by atoms with Gasteiger partial charge in [-0.25, -0.2) is 5.06 Å². The second-order valence-electron chi connectivity index (χ2n) is 6.21. The molecule has 1 aliphatic rings. The molecule has 0 fully saturated rings. The largest absolute Gasteiger partial charge is 0.280 e. The highest BCUT2D eigenvalue weighted by Gasteiger charge is 2.27. The molecule has 0 radical (unpaired) electrons. The summed E-state index contributed by atoms with van der Waals surface area (Å²) in [5.74, 6) is -0.367. The molecular weight excluding hydrogens is 453 g/mol. The van der Waals surface area contributed by atoms with Crippen molar-refractivity contribution in [2.75, 3.05) is 0 Å². The van der Waals surface area contributed by atoms with Gasteiger partial charge in [-0.1, -0.05) is 51.3 Å². The van der Waals surface area contributed by atoms with Crippen LogP contribution >= 0.6 is 39.1 Å². The van der Waals surface area contributed by atoms with E-state index in [4.69, 9.17) is 28.0 Å². The van der Waals surface area contributed by atoms with Crippen LogP contribution in [-0.4, -0.2) is 20.8 Å². The first kappa shape index (κ1) is 18.5. The van der Waals surface area contributed by atoms with Gasteiger partial charge in [-0.2, -0.15) is 5.10 Å². The molecule has 1 amide bonds. The topological polar surface area (TPSA) is 47.4 Å². The Morgan fingerprint density at radius 2 is 1.96 bits per heavy atom. The number of hydroxylamine groups is 2. The molecule has 0 atom stereocenters. The number of carbonyl (C=O) groups is 1. The van der Waals surface area contributed by atoms with Gasteiger partial charge in [0, 0.05) is 23.3 Å². The van der Waals surface area contributed by atoms with Gasteiger partial charge in [-0.3, -0.25) is 14.3 Å². The van der Waals surface area contributed by atoms with E-state index in [0.29, 0.717) is 13.2 Å². The van der Waals surface area contributed by atoms with Gasteiger partial charge in [0.1, 0.15) is 6.61 Å². The van der Waals surface area contributed by atoms with Crippen molar-refractivity contribution in [2.45, 2.75) is 13.2 Å². The maximum absolute atomic E-state index is 13.0. The van der Waals surface area contributed by atoms with E-state index in [1.54, 1.807) is 23.0 Å². The molecule has 4 rings (SSSR count). The minimum absolute atomic E-state index is 0.226. The molecule has 1 aromatic heterocycles. The number of nitrogens with zero attached hydrogens (tertiary/aromatic N) is 3. The lowest BCUT2D eigenvalue weighted by molar-refractivity contribution is -0.150. The van der Waals surface area contributed by atoms with Crippen molar-refractivity contribution in [2.24, 2.45) is 7.05 Å². The molecule has 1 aliphatic heterocycles. The molecule has 138 valence electrons. The monoisotopic (exact) mass is 465 g/mol. The van der Waals surface area contributed by atoms with Crippen LogP contribution in [0.1, 0.15) is 21.5 Å². The van der Waals surface area contributed by atoms with Crippen molar-refractivity contribution in [3.8, 4) is 11.1 Å². The van der Waals surface area contributed by atoms with Gasteiger partial charge in [0.05, 0.1) is 28.4 Å². The fraction of sp³-hybridized carbons (Fsp3) is 0.158. The fourth-order valence-corrected chi connectivity index (χ4v) is 4.20. The molecule has 2 heterocycles. The van der Waals surface area contributed by atoms with Crippen LogP contribution in [0.5, 0.6) is 0 Å². The van der Waals surface area contributed by atoms with Gasteiger partial charge in [0.2, 0.25) is 0 Å². The number of aryl methyl sites for hydroxylation is 1. The van der Waals surface area contributed by atoms with Crippen molar-refractivity contribution in [3.05, 3.63) is 73.9 Å². The van der Waals surface area contributed by atoms with E-state index in [0.717, 1.165) is 26.7 Å². The van der Waals surface area contributed by atoms with Crippen LogP contribution in [0.25, 0.3) is 11.1 Å². The summed E-state index contributed by atoms with van der Waals surface area (Å²) in [5.41, 5.74) is 3.94. The number of fused-ring (bicyclic) bond motifs is 1. The Morgan fingerprint density at radius 3 is 2.63 bits per heavy atom. The van der Waals surface area contributed by atoms with E-state index in [2.05, 4.69) is 21.0 Å². The molecule has 27 heavy (non-hydrogen) atoms. The predicted octanol–water partition coefficient (Wildman–Crippen LogP) is 5.24. The maximum Gasteiger partial charge on any atom is 0.280 e. The van der Waals surface area contributed by atoms with Crippen LogP contribution in [0.2, 0.25) is 10.0 Å². The number of carbonyl (C=O) groups excluding carboxylic acids is 1. The Hall–Kier alpha value is -1.86. The molecule has 0 saturated heterocycles. The zero-order valence-corrected chi connectivity index (χ0v) is 17.3. The lowest BCUT2D eigenvalue weighted by Crippen LogP contribution is -2.34. The van der Waals surface area contributed by atoms with E-state index >= 15 is 0 Å². The summed E-state index contributed by atoms with van der Waals surface area (Å²) in [6.45, 7) is 0.621. The van der Waals surface area contributed by atoms with Gasteiger partial charge in [-0.05, 0) is 34.9 Å². The van der Waals surface area contributed by atoms with Gasteiger partial charge in [-0.15, -0.1) is 0 Å². The summed E-state index contributed by atoms with van der Waals surface area (Å²) in [4.78, 5) is 18.6. The number of halogens is 3. The van der Waals surface area contributed by atoms with Gasteiger partial charge < -0.3 is 0 Å². The van der Waals surface area contributed by atoms with E-state index in [-0.39, 0.29) is 21.5 Å². The molecule has 5 nitrogen and oxygen atoms in total. The van der Waals surface area contributed by atoms with Crippen molar-refractivity contribution in [1.29, 1.82) is 0 Å². The minimum atomic E-state index is -0.367. The van der Waals surface area contributed by atoms with E-state index in [1.807, 2.05) is 31.4 Å². The number of rotatable bonds is 2. The molecule has 0 aliphatic carbocycles. The summed E-state index contributed by atoms with van der Waals surface area (Å²) in [7, 11) is 1.83. The number of benzene rings is 2. The molecule has 0 bridgehead atoms. The summed E-state index contributed by atoms with van der Waals surface area (Å²) in [6.07, 6.45) is 3.57. The summed E-state index contributed by atoms with van der Waals surface area (Å²) in [6, 6.07) is 9.28. The third-order valence-electron chi connectivity index (χ3n) is 4.42. The van der Waals surface area contributed by atoms with Crippen molar-refractivity contribution >= 4 is 45.0 Å². The molecule has 0 unspecified atom stereocenters. The Bertz CT molecular complexity index is 1030. The zero-order chi connectivity index (χ0) is 19.1. The van der Waals surface area contributed by atoms with E-state index < -0.39 is 0 Å². The molecule has 2 aromatic carbocycles. The first-order chi connectivity index (χ1) is 12.9. The Labute approximate surface area is 174 Å². The second kappa shape index (κ2) is 7.28. The third kappa shape index (κ3) is 3.50. The van der Waals surface area contributed by atoms with Crippen molar-refractivity contribution in [1.82, 2.24) is 14.8 Å². The highest BCUT2D eigenvalue weighted by molar-refractivity contribution is 9.10. The van der Waals surface area contributed by atoms with Gasteiger partial charge in [0.15, 0.2) is 0 Å². The van der Waals surface area contributed by atoms with Crippen molar-refractivity contribution < 1.29 is 9.63 Å². The highest BCUT2D eigenvalue weighted by atomic mass is 79.9. The first-order valence-electron chi connectivity index (χ1n) is 8.13. The summed E-state index contributed by atoms with van der Waals surface area (Å²) in [5, 5.41) is 5.99. The molecule has 3 aromatic rings. The number of hydrogen-bond donors (Lipinski definition) is 0. The minimum Gasteiger partial charge on any atom is -0.275 e. The van der Waals surface area contributed by atoms with E-state index in [9.17, 15) is 4.79 Å². The van der Waals surface area contributed by atoms with Crippen LogP contribution in [0.3, 0.4) is 0 Å². The molecule has 0 saturated carbocycles. The first-order valence-corrected chi connectivity index (χ1v) is 9.68. The maximum atomic E-state index is 13.0. The Morgan fingerprint density at radius 1 is 1.22 bits per heavy atom. The number of aromatic nitrogens is 2. The van der Waals surface area contributed by atoms with Gasteiger partial charge >= 0.3 is 0 Å². The van der Waals surface area contributed by atoms with Crippen LogP contribution in [-0.2, 0) is 25.0 Å². The van der Waals surface area contributed by atoms with Gasteiger partial charge in [0.25, 0.3) is 5.91 Å². The van der Waals surface area contributed by atoms with Crippen LogP contribution in [0.15, 0.2) is 47.2 Å². The smallest absolute Gasteiger partial charge is 0.275 e. The predicted molar refractivity (Wildman–Crippen MR) is 107 cm³/mol. The lowest BCUT2D eigenvalue weighted by atomic mass is 10.0. The quantitative estimate of drug-likeness (QED) is 0.518. The summed E-state index contributed by atoms with van der Waals surface area (Å²) >= 11 is 16.3. The third-order valence-corrected chi connectivity index (χ3v) is 5.75. The highest BCUT2D eigenvalue weighted by Crippen LogP contribution is 2.34. The summed E-state index contributed by atoms with van der Waals surface area (Å²) < 4.78 is 2.65. The molecule has 8 heteroatoms. The Kier molecular flexibility index (Phi) is 4.99. The SMILES string of the molecule is Cn1cc(-c2cc(Cl)c(C(=O)N3Cc4cccc(Br)c4CO3)c(Cl)c2)cn1. The van der Waals surface area contributed by atoms with Crippen LogP contribution in [0, 0.1) is 0 Å². The van der Waals surface area contributed by atoms with E-state index in [1.165, 1.54) is 5.06 Å².